The number of piperidine rings is 1. The first-order chi connectivity index (χ1) is 9.59. The smallest absolute Gasteiger partial charge is 0.311 e. The number of amides is 1. The number of hydrogen-bond donors (Lipinski definition) is 1. The maximum absolute atomic E-state index is 12.3. The molecule has 0 aromatic rings. The molecule has 1 saturated heterocycles. The number of nitrogens with zero attached hydrogens (tertiary/aromatic N) is 1. The summed E-state index contributed by atoms with van der Waals surface area (Å²) < 4.78 is 10.4. The third kappa shape index (κ3) is 2.89. The fourth-order valence-electron chi connectivity index (χ4n) is 2.91. The molecule has 0 aromatic heterocycles. The minimum Gasteiger partial charge on any atom is -0.494 e. The van der Waals surface area contributed by atoms with Gasteiger partial charge in [-0.15, -0.1) is 0 Å². The van der Waals surface area contributed by atoms with Crippen LogP contribution in [0, 0.1) is 5.41 Å². The average Bonchev–Trinajstić information content (AvgIpc) is 2.48. The molecule has 6 heteroatoms. The van der Waals surface area contributed by atoms with E-state index in [1.54, 1.807) is 4.90 Å². The molecule has 20 heavy (non-hydrogen) atoms. The molecule has 2 aliphatic rings. The zero-order valence-electron chi connectivity index (χ0n) is 11.8. The summed E-state index contributed by atoms with van der Waals surface area (Å²) in [7, 11) is 0. The summed E-state index contributed by atoms with van der Waals surface area (Å²) in [5, 5.41) is 9.52. The molecule has 1 amide bonds. The number of aliphatic carboxylic acids is 1. The Morgan fingerprint density at radius 3 is 2.85 bits per heavy atom. The summed E-state index contributed by atoms with van der Waals surface area (Å²) in [6.45, 7) is 3.57. The third-order valence-electron chi connectivity index (χ3n) is 3.91. The molecule has 112 valence electrons. The van der Waals surface area contributed by atoms with Crippen LogP contribution in [0.4, 0.5) is 0 Å². The Kier molecular flexibility index (Phi) is 4.52. The first-order valence-corrected chi connectivity index (χ1v) is 7.06. The summed E-state index contributed by atoms with van der Waals surface area (Å²) in [4.78, 5) is 25.5. The number of carbonyl (C=O) groups is 2. The zero-order chi connectivity index (χ0) is 14.6. The normalized spacial score (nSPS) is 26.2. The van der Waals surface area contributed by atoms with E-state index in [9.17, 15) is 14.7 Å². The molecule has 2 heterocycles. The van der Waals surface area contributed by atoms with E-state index in [1.165, 1.54) is 6.26 Å². The summed E-state index contributed by atoms with van der Waals surface area (Å²) in [5.74, 6) is -0.910. The van der Waals surface area contributed by atoms with Crippen LogP contribution in [0.1, 0.15) is 32.6 Å². The van der Waals surface area contributed by atoms with Crippen molar-refractivity contribution >= 4 is 11.9 Å². The highest BCUT2D eigenvalue weighted by Crippen LogP contribution is 2.35. The molecule has 1 atom stereocenters. The molecule has 2 rings (SSSR count). The lowest BCUT2D eigenvalue weighted by molar-refractivity contribution is -0.155. The van der Waals surface area contributed by atoms with Crippen molar-refractivity contribution in [2.24, 2.45) is 5.41 Å². The fraction of sp³-hybridized carbons (Fsp3) is 0.714. The van der Waals surface area contributed by atoms with Gasteiger partial charge >= 0.3 is 5.97 Å². The number of carboxylic acid groups (broad SMARTS) is 1. The molecule has 0 aromatic carbocycles. The van der Waals surface area contributed by atoms with Gasteiger partial charge in [-0.2, -0.15) is 0 Å². The summed E-state index contributed by atoms with van der Waals surface area (Å²) in [6.07, 6.45) is 4.02. The van der Waals surface area contributed by atoms with Crippen molar-refractivity contribution in [3.8, 4) is 0 Å². The lowest BCUT2D eigenvalue weighted by Crippen LogP contribution is -2.50. The molecule has 6 nitrogen and oxygen atoms in total. The second kappa shape index (κ2) is 6.15. The van der Waals surface area contributed by atoms with Crippen LogP contribution in [0.5, 0.6) is 0 Å². The first-order valence-electron chi connectivity index (χ1n) is 7.06. The number of carbonyl (C=O) groups excluding carboxylic acids is 1. The highest BCUT2D eigenvalue weighted by atomic mass is 16.6. The second-order valence-electron chi connectivity index (χ2n) is 5.37. The SMILES string of the molecule is CCCC1(C(=O)O)CCCN(C(=O)C2=COCCO2)C1. The van der Waals surface area contributed by atoms with E-state index in [2.05, 4.69) is 0 Å². The Balaban J connectivity index is 2.11. The van der Waals surface area contributed by atoms with Crippen molar-refractivity contribution in [3.05, 3.63) is 12.0 Å². The fourth-order valence-corrected chi connectivity index (χ4v) is 2.91. The number of ether oxygens (including phenoxy) is 2. The van der Waals surface area contributed by atoms with Crippen molar-refractivity contribution < 1.29 is 24.2 Å². The van der Waals surface area contributed by atoms with Crippen LogP contribution in [0.15, 0.2) is 12.0 Å². The van der Waals surface area contributed by atoms with Crippen molar-refractivity contribution in [3.63, 3.8) is 0 Å². The molecule has 0 radical (unpaired) electrons. The van der Waals surface area contributed by atoms with Gasteiger partial charge in [-0.05, 0) is 19.3 Å². The topological polar surface area (TPSA) is 76.1 Å². The Morgan fingerprint density at radius 1 is 1.45 bits per heavy atom. The summed E-state index contributed by atoms with van der Waals surface area (Å²) in [6, 6.07) is 0. The number of hydrogen-bond acceptors (Lipinski definition) is 4. The molecule has 0 saturated carbocycles. The maximum Gasteiger partial charge on any atom is 0.311 e. The standard InChI is InChI=1S/C14H21NO5/c1-2-4-14(13(17)18)5-3-6-15(10-14)12(16)11-9-19-7-8-20-11/h9H,2-8,10H2,1H3,(H,17,18). The number of rotatable bonds is 4. The van der Waals surface area contributed by atoms with Crippen LogP contribution >= 0.6 is 0 Å². The molecular weight excluding hydrogens is 262 g/mol. The van der Waals surface area contributed by atoms with E-state index in [1.807, 2.05) is 6.92 Å². The molecule has 1 fully saturated rings. The number of carboxylic acids is 1. The van der Waals surface area contributed by atoms with Crippen molar-refractivity contribution in [2.75, 3.05) is 26.3 Å². The van der Waals surface area contributed by atoms with Crippen LogP contribution in [0.25, 0.3) is 0 Å². The Bertz CT molecular complexity index is 416. The first kappa shape index (κ1) is 14.7. The van der Waals surface area contributed by atoms with Crippen LogP contribution in [0.3, 0.4) is 0 Å². The van der Waals surface area contributed by atoms with E-state index in [-0.39, 0.29) is 18.2 Å². The molecule has 1 N–H and O–H groups in total. The van der Waals surface area contributed by atoms with Crippen LogP contribution in [-0.4, -0.2) is 48.2 Å². The van der Waals surface area contributed by atoms with Crippen molar-refractivity contribution in [1.82, 2.24) is 4.90 Å². The van der Waals surface area contributed by atoms with E-state index in [0.29, 0.717) is 39.0 Å². The van der Waals surface area contributed by atoms with Gasteiger partial charge in [0, 0.05) is 13.1 Å². The van der Waals surface area contributed by atoms with Crippen LogP contribution in [-0.2, 0) is 19.1 Å². The molecule has 1 unspecified atom stereocenters. The summed E-state index contributed by atoms with van der Waals surface area (Å²) in [5.41, 5.74) is -0.821. The maximum atomic E-state index is 12.3. The quantitative estimate of drug-likeness (QED) is 0.843. The molecule has 0 bridgehead atoms. The minimum atomic E-state index is -0.821. The van der Waals surface area contributed by atoms with Gasteiger partial charge in [0.05, 0.1) is 5.41 Å². The van der Waals surface area contributed by atoms with Gasteiger partial charge in [-0.3, -0.25) is 9.59 Å². The summed E-state index contributed by atoms with van der Waals surface area (Å²) >= 11 is 0. The number of likely N-dealkylation sites (tertiary alicyclic amines) is 1. The van der Waals surface area contributed by atoms with Crippen LogP contribution < -0.4 is 0 Å². The second-order valence-corrected chi connectivity index (χ2v) is 5.37. The minimum absolute atomic E-state index is 0.175. The van der Waals surface area contributed by atoms with E-state index < -0.39 is 11.4 Å². The molecule has 0 aliphatic carbocycles. The van der Waals surface area contributed by atoms with Gasteiger partial charge in [-0.25, -0.2) is 0 Å². The van der Waals surface area contributed by atoms with Gasteiger partial charge in [0.25, 0.3) is 5.91 Å². The Hall–Kier alpha value is -1.72. The third-order valence-corrected chi connectivity index (χ3v) is 3.91. The Morgan fingerprint density at radius 2 is 2.25 bits per heavy atom. The predicted molar refractivity (Wildman–Crippen MR) is 70.8 cm³/mol. The van der Waals surface area contributed by atoms with Gasteiger partial charge in [0.1, 0.15) is 19.5 Å². The van der Waals surface area contributed by atoms with E-state index in [4.69, 9.17) is 9.47 Å². The highest BCUT2D eigenvalue weighted by Gasteiger charge is 2.43. The Labute approximate surface area is 118 Å². The van der Waals surface area contributed by atoms with Gasteiger partial charge in [-0.1, -0.05) is 13.3 Å². The van der Waals surface area contributed by atoms with E-state index in [0.717, 1.165) is 6.42 Å². The monoisotopic (exact) mass is 283 g/mol. The lowest BCUT2D eigenvalue weighted by Gasteiger charge is -2.40. The van der Waals surface area contributed by atoms with Gasteiger partial charge < -0.3 is 19.5 Å². The van der Waals surface area contributed by atoms with Gasteiger partial charge in [0.15, 0.2) is 0 Å². The van der Waals surface area contributed by atoms with Crippen molar-refractivity contribution in [2.45, 2.75) is 32.6 Å². The highest BCUT2D eigenvalue weighted by molar-refractivity contribution is 5.92. The zero-order valence-corrected chi connectivity index (χ0v) is 11.8. The molecule has 2 aliphatic heterocycles. The predicted octanol–water partition coefficient (Wildman–Crippen LogP) is 1.37. The lowest BCUT2D eigenvalue weighted by atomic mass is 9.76. The van der Waals surface area contributed by atoms with E-state index >= 15 is 0 Å². The van der Waals surface area contributed by atoms with Crippen molar-refractivity contribution in [1.29, 1.82) is 0 Å². The largest absolute Gasteiger partial charge is 0.494 e. The van der Waals surface area contributed by atoms with Crippen LogP contribution in [0.2, 0.25) is 0 Å². The average molecular weight is 283 g/mol. The van der Waals surface area contributed by atoms with Gasteiger partial charge in [0.2, 0.25) is 5.76 Å². The molecule has 0 spiro atoms. The molecular formula is C14H21NO5.